The van der Waals surface area contributed by atoms with Crippen molar-refractivity contribution in [2.75, 3.05) is 26.2 Å². The highest BCUT2D eigenvalue weighted by atomic mass is 16.5. The predicted molar refractivity (Wildman–Crippen MR) is 191 cm³/mol. The number of likely N-dealkylation sites (tertiary alicyclic amines) is 1. The van der Waals surface area contributed by atoms with Gasteiger partial charge in [-0.15, -0.1) is 0 Å². The van der Waals surface area contributed by atoms with Crippen LogP contribution in [0.2, 0.25) is 0 Å². The van der Waals surface area contributed by atoms with E-state index in [1.807, 2.05) is 43.3 Å². The molecule has 7 rings (SSSR count). The Morgan fingerprint density at radius 2 is 1.52 bits per heavy atom. The number of aromatic amines is 1. The zero-order valence-electron chi connectivity index (χ0n) is 29.4. The highest BCUT2D eigenvalue weighted by Crippen LogP contribution is 2.31. The van der Waals surface area contributed by atoms with Crippen molar-refractivity contribution in [3.8, 4) is 11.5 Å². The molecule has 1 spiro atoms. The third-order valence-corrected chi connectivity index (χ3v) is 9.31. The zero-order chi connectivity index (χ0) is 36.8. The zero-order valence-corrected chi connectivity index (χ0v) is 29.4. The molecule has 3 atom stereocenters. The molecule has 0 saturated carbocycles. The van der Waals surface area contributed by atoms with Gasteiger partial charge in [-0.25, -0.2) is 9.50 Å². The molecule has 0 unspecified atom stereocenters. The first kappa shape index (κ1) is 36.1. The van der Waals surface area contributed by atoms with E-state index in [2.05, 4.69) is 36.2 Å². The Kier molecular flexibility index (Phi) is 10.9. The average Bonchev–Trinajstić information content (AvgIpc) is 3.51. The summed E-state index contributed by atoms with van der Waals surface area (Å²) >= 11 is 0. The van der Waals surface area contributed by atoms with E-state index in [0.717, 1.165) is 11.3 Å². The van der Waals surface area contributed by atoms with Gasteiger partial charge in [0.25, 0.3) is 11.5 Å². The van der Waals surface area contributed by atoms with Crippen molar-refractivity contribution < 1.29 is 28.7 Å². The van der Waals surface area contributed by atoms with Gasteiger partial charge in [0.1, 0.15) is 36.2 Å². The van der Waals surface area contributed by atoms with E-state index in [1.54, 1.807) is 38.1 Å². The van der Waals surface area contributed by atoms with Crippen LogP contribution in [0, 0.1) is 6.92 Å². The number of nitrogens with one attached hydrogen (secondary N) is 5. The minimum Gasteiger partial charge on any atom is -0.492 e. The van der Waals surface area contributed by atoms with Crippen LogP contribution >= 0.6 is 0 Å². The number of rotatable bonds is 4. The van der Waals surface area contributed by atoms with Gasteiger partial charge in [-0.1, -0.05) is 30.3 Å². The quantitative estimate of drug-likeness (QED) is 0.192. The molecule has 274 valence electrons. The second-order valence-corrected chi connectivity index (χ2v) is 13.4. The Labute approximate surface area is 300 Å². The smallest absolute Gasteiger partial charge is 0.272 e. The van der Waals surface area contributed by atoms with Crippen molar-refractivity contribution >= 4 is 29.3 Å². The maximum atomic E-state index is 14.2. The number of fused-ring (bicyclic) bond motifs is 16. The number of carbonyl (C=O) groups is 4. The van der Waals surface area contributed by atoms with Crippen molar-refractivity contribution in [2.45, 2.75) is 70.3 Å². The van der Waals surface area contributed by atoms with Gasteiger partial charge in [0, 0.05) is 56.7 Å². The Bertz CT molecular complexity index is 1970. The van der Waals surface area contributed by atoms with Gasteiger partial charge < -0.3 is 30.7 Å². The lowest BCUT2D eigenvalue weighted by molar-refractivity contribution is -0.144. The van der Waals surface area contributed by atoms with Crippen LogP contribution in [-0.2, 0) is 32.1 Å². The summed E-state index contributed by atoms with van der Waals surface area (Å²) in [6, 6.07) is 16.4. The summed E-state index contributed by atoms with van der Waals surface area (Å²) in [5.41, 5.74) is 1.24. The predicted octanol–water partition coefficient (Wildman–Crippen LogP) is 0.990. The molecule has 0 radical (unpaired) electrons. The maximum absolute atomic E-state index is 14.2. The van der Waals surface area contributed by atoms with Gasteiger partial charge in [0.2, 0.25) is 17.7 Å². The lowest BCUT2D eigenvalue weighted by Gasteiger charge is -2.41. The van der Waals surface area contributed by atoms with E-state index in [1.165, 1.54) is 10.6 Å². The highest BCUT2D eigenvalue weighted by molar-refractivity contribution is 5.95. The number of benzene rings is 2. The molecule has 2 aromatic carbocycles. The standard InChI is InChI=1S/C37H44N8O7/c1-23-19-31-41-27(21-32(46)45(31)43-23)22-44-16-13-37(14-17-44)36(50)40-25(3)34(48)42-30(20-26-7-5-4-6-8-26)35(49)39-24(2)33(47)38-15-18-51-28-9-11-29(52-37)12-10-28/h4-12,19,21,24-25,30,43H,13-18,20,22H2,1-3H3,(H,38,47)(H,39,49)(H,40,50)(H,42,48)/t24-,25-,30-/m0/s1. The fourth-order valence-electron chi connectivity index (χ4n) is 6.37. The topological polar surface area (TPSA) is 188 Å². The number of hydrogen-bond acceptors (Lipinski definition) is 9. The summed E-state index contributed by atoms with van der Waals surface area (Å²) in [5, 5.41) is 14.1. The van der Waals surface area contributed by atoms with Gasteiger partial charge in [-0.2, -0.15) is 0 Å². The molecule has 1 fully saturated rings. The SMILES string of the molecule is Cc1cc2nc(CN3CCC4(CC3)Oc3ccc(cc3)OCCNC(=O)[C@H](C)NC(=O)[C@H](Cc3ccccc3)NC(=O)[C@H](C)NC4=O)cc(=O)n2[nH]1. The number of ether oxygens (including phenoxy) is 2. The number of nitrogens with zero attached hydrogens (tertiary/aromatic N) is 3. The van der Waals surface area contributed by atoms with Crippen LogP contribution in [-0.4, -0.2) is 93.1 Å². The molecule has 15 nitrogen and oxygen atoms in total. The molecule has 3 aliphatic heterocycles. The molecule has 5 N–H and O–H groups in total. The van der Waals surface area contributed by atoms with Crippen LogP contribution in [0.4, 0.5) is 0 Å². The van der Waals surface area contributed by atoms with E-state index in [-0.39, 0.29) is 38.0 Å². The molecule has 52 heavy (non-hydrogen) atoms. The largest absolute Gasteiger partial charge is 0.492 e. The van der Waals surface area contributed by atoms with Crippen LogP contribution in [0.1, 0.15) is 43.6 Å². The summed E-state index contributed by atoms with van der Waals surface area (Å²) in [7, 11) is 0. The summed E-state index contributed by atoms with van der Waals surface area (Å²) in [6.45, 7) is 6.64. The van der Waals surface area contributed by atoms with Crippen molar-refractivity contribution in [3.63, 3.8) is 0 Å². The molecule has 5 heterocycles. The van der Waals surface area contributed by atoms with Crippen molar-refractivity contribution in [3.05, 3.63) is 94.0 Å². The third-order valence-electron chi connectivity index (χ3n) is 9.31. The van der Waals surface area contributed by atoms with Crippen LogP contribution in [0.3, 0.4) is 0 Å². The van der Waals surface area contributed by atoms with E-state index in [4.69, 9.17) is 9.47 Å². The third kappa shape index (κ3) is 8.60. The van der Waals surface area contributed by atoms with Crippen molar-refractivity contribution in [2.24, 2.45) is 0 Å². The van der Waals surface area contributed by atoms with E-state index < -0.39 is 47.4 Å². The fourth-order valence-corrected chi connectivity index (χ4v) is 6.37. The van der Waals surface area contributed by atoms with E-state index >= 15 is 0 Å². The van der Waals surface area contributed by atoms with Gasteiger partial charge in [-0.05, 0) is 50.6 Å². The first-order chi connectivity index (χ1) is 25.0. The van der Waals surface area contributed by atoms with Gasteiger partial charge in [-0.3, -0.25) is 34.0 Å². The molecule has 0 aliphatic carbocycles. The number of aryl methyl sites for hydroxylation is 1. The monoisotopic (exact) mass is 712 g/mol. The van der Waals surface area contributed by atoms with Gasteiger partial charge in [0.05, 0.1) is 12.2 Å². The van der Waals surface area contributed by atoms with Crippen LogP contribution in [0.15, 0.2) is 71.5 Å². The highest BCUT2D eigenvalue weighted by Gasteiger charge is 2.45. The molecular weight excluding hydrogens is 668 g/mol. The van der Waals surface area contributed by atoms with Gasteiger partial charge in [0.15, 0.2) is 11.2 Å². The van der Waals surface area contributed by atoms with Crippen LogP contribution in [0.25, 0.3) is 5.65 Å². The first-order valence-electron chi connectivity index (χ1n) is 17.4. The molecule has 4 aromatic rings. The van der Waals surface area contributed by atoms with Crippen LogP contribution < -0.4 is 36.3 Å². The lowest BCUT2D eigenvalue weighted by Crippen LogP contribution is -2.61. The fraction of sp³-hybridized carbons (Fsp3) is 0.405. The molecule has 2 aromatic heterocycles. The summed E-state index contributed by atoms with van der Waals surface area (Å²) in [5.74, 6) is -1.01. The Balaban J connectivity index is 1.22. The minimum atomic E-state index is -1.33. The molecule has 4 amide bonds. The van der Waals surface area contributed by atoms with Crippen molar-refractivity contribution in [1.82, 2.24) is 40.8 Å². The lowest BCUT2D eigenvalue weighted by atomic mass is 9.89. The molecule has 3 aliphatic rings. The van der Waals surface area contributed by atoms with E-state index in [9.17, 15) is 24.0 Å². The number of carbonyl (C=O) groups excluding carboxylic acids is 4. The summed E-state index contributed by atoms with van der Waals surface area (Å²) < 4.78 is 13.7. The molecule has 15 heteroatoms. The first-order valence-corrected chi connectivity index (χ1v) is 17.4. The summed E-state index contributed by atoms with van der Waals surface area (Å²) in [6.07, 6.45) is 0.733. The average molecular weight is 713 g/mol. The Hall–Kier alpha value is -5.70. The number of H-pyrrole nitrogens is 1. The number of hydrogen-bond donors (Lipinski definition) is 5. The molecule has 1 saturated heterocycles. The van der Waals surface area contributed by atoms with Crippen LogP contribution in [0.5, 0.6) is 11.5 Å². The summed E-state index contributed by atoms with van der Waals surface area (Å²) in [4.78, 5) is 73.4. The second-order valence-electron chi connectivity index (χ2n) is 13.4. The van der Waals surface area contributed by atoms with Gasteiger partial charge >= 0.3 is 0 Å². The van der Waals surface area contributed by atoms with E-state index in [0.29, 0.717) is 42.5 Å². The molecular formula is C37H44N8O7. The normalized spacial score (nSPS) is 22.1. The second kappa shape index (κ2) is 15.7. The Morgan fingerprint density at radius 1 is 0.827 bits per heavy atom. The number of aromatic nitrogens is 3. The maximum Gasteiger partial charge on any atom is 0.272 e. The molecule has 2 bridgehead atoms. The number of piperidine rings is 1. The number of amides is 4. The Morgan fingerprint density at radius 3 is 2.25 bits per heavy atom. The minimum absolute atomic E-state index is 0.164. The van der Waals surface area contributed by atoms with Crippen molar-refractivity contribution in [1.29, 1.82) is 0 Å².